The zero-order valence-electron chi connectivity index (χ0n) is 18.5. The molecule has 33 heavy (non-hydrogen) atoms. The number of hydrogen-bond acceptors (Lipinski definition) is 6. The molecule has 0 fully saturated rings. The fourth-order valence-corrected chi connectivity index (χ4v) is 4.29. The normalized spacial score (nSPS) is 18.2. The maximum atomic E-state index is 14.8. The number of alkyl halides is 1. The summed E-state index contributed by atoms with van der Waals surface area (Å²) in [5, 5.41) is 7.64. The number of methoxy groups -OCH3 is 1. The second-order valence-electron chi connectivity index (χ2n) is 8.02. The van der Waals surface area contributed by atoms with Gasteiger partial charge in [0.15, 0.2) is 10.8 Å². The number of amides is 2. The second-order valence-corrected chi connectivity index (χ2v) is 8.87. The number of benzene rings is 2. The highest BCUT2D eigenvalue weighted by molar-refractivity contribution is 7.14. The summed E-state index contributed by atoms with van der Waals surface area (Å²) in [6, 6.07) is 11.5. The summed E-state index contributed by atoms with van der Waals surface area (Å²) in [6.45, 7) is 3.25. The lowest BCUT2D eigenvalue weighted by atomic mass is 9.90. The molecule has 0 aliphatic carbocycles. The van der Waals surface area contributed by atoms with Crippen molar-refractivity contribution in [3.63, 3.8) is 0 Å². The first-order chi connectivity index (χ1) is 15.8. The van der Waals surface area contributed by atoms with E-state index in [1.807, 2.05) is 29.6 Å². The fourth-order valence-electron chi connectivity index (χ4n) is 3.56. The lowest BCUT2D eigenvalue weighted by molar-refractivity contribution is -0.117. The third-order valence-electron chi connectivity index (χ3n) is 5.41. The van der Waals surface area contributed by atoms with E-state index in [0.29, 0.717) is 34.3 Å². The number of rotatable bonds is 6. The number of anilines is 1. The molecule has 0 spiro atoms. The summed E-state index contributed by atoms with van der Waals surface area (Å²) in [4.78, 5) is 29.7. The molecule has 0 saturated heterocycles. The summed E-state index contributed by atoms with van der Waals surface area (Å²) in [6.07, 6.45) is 0. The van der Waals surface area contributed by atoms with Gasteiger partial charge in [0, 0.05) is 16.5 Å². The van der Waals surface area contributed by atoms with E-state index in [1.54, 1.807) is 26.2 Å². The Morgan fingerprint density at radius 3 is 2.88 bits per heavy atom. The van der Waals surface area contributed by atoms with E-state index in [4.69, 9.17) is 9.47 Å². The van der Waals surface area contributed by atoms with Crippen LogP contribution in [0.5, 0.6) is 5.75 Å². The molecule has 2 amide bonds. The van der Waals surface area contributed by atoms with Gasteiger partial charge in [-0.05, 0) is 49.2 Å². The zero-order valence-corrected chi connectivity index (χ0v) is 19.3. The highest BCUT2D eigenvalue weighted by Crippen LogP contribution is 2.34. The topological polar surface area (TPSA) is 89.6 Å². The van der Waals surface area contributed by atoms with Crippen molar-refractivity contribution >= 4 is 28.3 Å². The summed E-state index contributed by atoms with van der Waals surface area (Å²) in [5.41, 5.74) is 1.34. The maximum absolute atomic E-state index is 14.8. The van der Waals surface area contributed by atoms with Crippen molar-refractivity contribution in [3.05, 3.63) is 64.5 Å². The smallest absolute Gasteiger partial charge is 0.251 e. The molecule has 172 valence electrons. The van der Waals surface area contributed by atoms with E-state index in [0.717, 1.165) is 5.56 Å². The van der Waals surface area contributed by atoms with Crippen LogP contribution in [0.4, 0.5) is 9.52 Å². The molecule has 2 aromatic carbocycles. The Morgan fingerprint density at radius 2 is 2.09 bits per heavy atom. The summed E-state index contributed by atoms with van der Waals surface area (Å²) >= 11 is 1.28. The lowest BCUT2D eigenvalue weighted by Crippen LogP contribution is -2.41. The van der Waals surface area contributed by atoms with Crippen LogP contribution >= 0.6 is 11.3 Å². The number of nitrogens with zero attached hydrogens (tertiary/aromatic N) is 1. The Bertz CT molecular complexity index is 1190. The molecular formula is C24H24FN3O4S. The van der Waals surface area contributed by atoms with Gasteiger partial charge in [0.2, 0.25) is 5.91 Å². The average Bonchev–Trinajstić information content (AvgIpc) is 3.27. The number of nitrogens with one attached hydrogen (secondary N) is 2. The number of hydrogen-bond donors (Lipinski definition) is 2. The van der Waals surface area contributed by atoms with Gasteiger partial charge in [-0.15, -0.1) is 11.3 Å². The minimum Gasteiger partial charge on any atom is -0.497 e. The van der Waals surface area contributed by atoms with Crippen molar-refractivity contribution in [2.24, 2.45) is 0 Å². The molecule has 4 rings (SSSR count). The number of fused-ring (bicyclic) bond motifs is 1. The van der Waals surface area contributed by atoms with Crippen molar-refractivity contribution in [1.29, 1.82) is 0 Å². The van der Waals surface area contributed by atoms with Gasteiger partial charge in [-0.1, -0.05) is 18.2 Å². The summed E-state index contributed by atoms with van der Waals surface area (Å²) in [5.74, 6) is -0.152. The van der Waals surface area contributed by atoms with Gasteiger partial charge in [0.05, 0.1) is 26.0 Å². The zero-order chi connectivity index (χ0) is 23.6. The summed E-state index contributed by atoms with van der Waals surface area (Å²) in [7, 11) is 1.59. The Morgan fingerprint density at radius 1 is 1.27 bits per heavy atom. The molecule has 7 nitrogen and oxygen atoms in total. The van der Waals surface area contributed by atoms with Gasteiger partial charge in [-0.2, -0.15) is 0 Å². The number of halogens is 1. The fraction of sp³-hybridized carbons (Fsp3) is 0.292. The first kappa shape index (κ1) is 22.9. The van der Waals surface area contributed by atoms with E-state index in [1.165, 1.54) is 24.3 Å². The Kier molecular flexibility index (Phi) is 6.44. The van der Waals surface area contributed by atoms with Crippen LogP contribution in [-0.4, -0.2) is 36.6 Å². The van der Waals surface area contributed by atoms with E-state index < -0.39 is 23.5 Å². The van der Waals surface area contributed by atoms with Crippen LogP contribution in [-0.2, 0) is 21.8 Å². The average molecular weight is 470 g/mol. The predicted molar refractivity (Wildman–Crippen MR) is 124 cm³/mol. The van der Waals surface area contributed by atoms with Crippen LogP contribution in [0, 0.1) is 0 Å². The molecule has 0 saturated carbocycles. The van der Waals surface area contributed by atoms with Gasteiger partial charge >= 0.3 is 0 Å². The molecule has 9 heteroatoms. The highest BCUT2D eigenvalue weighted by Gasteiger charge is 2.33. The summed E-state index contributed by atoms with van der Waals surface area (Å²) < 4.78 is 25.3. The Balaban J connectivity index is 1.40. The number of carbonyl (C=O) groups is 2. The number of thiazole rings is 1. The minimum absolute atomic E-state index is 0.0601. The quantitative estimate of drug-likeness (QED) is 0.562. The molecule has 1 aliphatic rings. The Hall–Kier alpha value is -3.30. The molecule has 0 radical (unpaired) electrons. The van der Waals surface area contributed by atoms with Crippen LogP contribution in [0.3, 0.4) is 0 Å². The minimum atomic E-state index is -1.67. The SMILES string of the molecule is COc1cccc(-c2csc(NC(=O)[C@H](C)NC(=O)c3ccc4c(c3)[C@](C)(F)COC4)n2)c1. The largest absolute Gasteiger partial charge is 0.497 e. The first-order valence-electron chi connectivity index (χ1n) is 10.4. The standard InChI is InChI=1S/C24H24FN3O4S/c1-14(26-22(30)16-7-8-17-11-32-13-24(2,25)19(17)10-16)21(29)28-23-27-20(12-33-23)15-5-4-6-18(9-15)31-3/h4-10,12,14H,11,13H2,1-3H3,(H,26,30)(H,27,28,29)/t14-,24+/m0/s1. The molecule has 3 aromatic rings. The van der Waals surface area contributed by atoms with Crippen molar-refractivity contribution in [1.82, 2.24) is 10.3 Å². The van der Waals surface area contributed by atoms with Crippen molar-refractivity contribution in [2.75, 3.05) is 19.0 Å². The molecule has 2 heterocycles. The van der Waals surface area contributed by atoms with Crippen LogP contribution in [0.2, 0.25) is 0 Å². The van der Waals surface area contributed by atoms with Gasteiger partial charge in [0.1, 0.15) is 11.8 Å². The molecule has 2 atom stereocenters. The maximum Gasteiger partial charge on any atom is 0.251 e. The molecule has 0 bridgehead atoms. The predicted octanol–water partition coefficient (Wildman–Crippen LogP) is 4.29. The Labute approximate surface area is 194 Å². The van der Waals surface area contributed by atoms with Crippen molar-refractivity contribution < 1.29 is 23.5 Å². The third-order valence-corrected chi connectivity index (χ3v) is 6.16. The molecule has 1 aromatic heterocycles. The van der Waals surface area contributed by atoms with E-state index >= 15 is 0 Å². The monoisotopic (exact) mass is 469 g/mol. The number of ether oxygens (including phenoxy) is 2. The van der Waals surface area contributed by atoms with Gasteiger partial charge in [0.25, 0.3) is 5.91 Å². The van der Waals surface area contributed by atoms with Gasteiger partial charge < -0.3 is 20.1 Å². The lowest BCUT2D eigenvalue weighted by Gasteiger charge is -2.29. The third kappa shape index (κ3) is 5.04. The molecule has 1 aliphatic heterocycles. The van der Waals surface area contributed by atoms with E-state index in [2.05, 4.69) is 15.6 Å². The highest BCUT2D eigenvalue weighted by atomic mass is 32.1. The van der Waals surface area contributed by atoms with Crippen molar-refractivity contribution in [2.45, 2.75) is 32.2 Å². The van der Waals surface area contributed by atoms with Crippen LogP contribution in [0.25, 0.3) is 11.3 Å². The van der Waals surface area contributed by atoms with E-state index in [-0.39, 0.29) is 12.2 Å². The molecular weight excluding hydrogens is 445 g/mol. The number of carbonyl (C=O) groups excluding carboxylic acids is 2. The molecule has 2 N–H and O–H groups in total. The molecule has 0 unspecified atom stereocenters. The number of aromatic nitrogens is 1. The van der Waals surface area contributed by atoms with Crippen LogP contribution < -0.4 is 15.4 Å². The van der Waals surface area contributed by atoms with Gasteiger partial charge in [-0.3, -0.25) is 9.59 Å². The van der Waals surface area contributed by atoms with E-state index in [9.17, 15) is 14.0 Å². The van der Waals surface area contributed by atoms with Crippen LogP contribution in [0.15, 0.2) is 47.8 Å². The van der Waals surface area contributed by atoms with Crippen molar-refractivity contribution in [3.8, 4) is 17.0 Å². The second kappa shape index (κ2) is 9.29. The van der Waals surface area contributed by atoms with Crippen LogP contribution in [0.1, 0.15) is 35.3 Å². The first-order valence-corrected chi connectivity index (χ1v) is 11.3. The van der Waals surface area contributed by atoms with Gasteiger partial charge in [-0.25, -0.2) is 9.37 Å².